The fourth-order valence-corrected chi connectivity index (χ4v) is 3.41. The van der Waals surface area contributed by atoms with Crippen molar-refractivity contribution in [3.8, 4) is 0 Å². The molecule has 0 saturated carbocycles. The number of halogens is 2. The van der Waals surface area contributed by atoms with E-state index in [4.69, 9.17) is 17.3 Å². The van der Waals surface area contributed by atoms with E-state index in [1.165, 1.54) is 22.9 Å². The van der Waals surface area contributed by atoms with Crippen LogP contribution in [0.1, 0.15) is 35.2 Å². The van der Waals surface area contributed by atoms with Gasteiger partial charge in [-0.25, -0.2) is 14.1 Å². The van der Waals surface area contributed by atoms with Crippen molar-refractivity contribution in [2.75, 3.05) is 16.5 Å². The van der Waals surface area contributed by atoms with Crippen LogP contribution in [-0.4, -0.2) is 15.6 Å². The molecule has 0 spiro atoms. The highest BCUT2D eigenvalue weighted by molar-refractivity contribution is 6.31. The summed E-state index contributed by atoms with van der Waals surface area (Å²) in [5.41, 5.74) is 10.8. The Labute approximate surface area is 184 Å². The van der Waals surface area contributed by atoms with Crippen molar-refractivity contribution in [1.82, 2.24) is 9.66 Å². The number of anilines is 2. The van der Waals surface area contributed by atoms with Crippen molar-refractivity contribution in [3.05, 3.63) is 86.2 Å². The van der Waals surface area contributed by atoms with Crippen molar-refractivity contribution >= 4 is 29.0 Å². The summed E-state index contributed by atoms with van der Waals surface area (Å²) in [4.78, 5) is 30.0. The molecule has 0 radical (unpaired) electrons. The lowest BCUT2D eigenvalue weighted by atomic mass is 9.97. The third-order valence-electron chi connectivity index (χ3n) is 4.99. The average molecular weight is 444 g/mol. The second kappa shape index (κ2) is 9.18. The SMILES string of the molecule is Cc1ccn(NCc2cc(F)ccc2Cl)c(=O)c1C(C)C(=O)Nc1ccc(N)nc1C. The van der Waals surface area contributed by atoms with Gasteiger partial charge in [-0.1, -0.05) is 11.6 Å². The van der Waals surface area contributed by atoms with Crippen molar-refractivity contribution in [2.45, 2.75) is 33.2 Å². The molecule has 1 atom stereocenters. The van der Waals surface area contributed by atoms with Crippen LogP contribution < -0.4 is 22.0 Å². The summed E-state index contributed by atoms with van der Waals surface area (Å²) in [7, 11) is 0. The molecule has 0 saturated heterocycles. The van der Waals surface area contributed by atoms with Gasteiger partial charge in [0, 0.05) is 16.8 Å². The third-order valence-corrected chi connectivity index (χ3v) is 5.36. The van der Waals surface area contributed by atoms with Crippen LogP contribution in [0.25, 0.3) is 0 Å². The number of hydrogen-bond donors (Lipinski definition) is 3. The lowest BCUT2D eigenvalue weighted by molar-refractivity contribution is -0.117. The Bertz CT molecular complexity index is 1200. The van der Waals surface area contributed by atoms with E-state index in [9.17, 15) is 14.0 Å². The van der Waals surface area contributed by atoms with Gasteiger partial charge in [0.1, 0.15) is 11.6 Å². The molecule has 7 nitrogen and oxygen atoms in total. The maximum Gasteiger partial charge on any atom is 0.273 e. The van der Waals surface area contributed by atoms with Gasteiger partial charge in [-0.3, -0.25) is 9.59 Å². The Kier molecular flexibility index (Phi) is 6.60. The zero-order valence-electron chi connectivity index (χ0n) is 17.4. The van der Waals surface area contributed by atoms with Crippen LogP contribution in [-0.2, 0) is 11.3 Å². The number of nitrogens with one attached hydrogen (secondary N) is 2. The zero-order chi connectivity index (χ0) is 22.7. The number of nitrogens with zero attached hydrogens (tertiary/aromatic N) is 2. The number of amides is 1. The number of aromatic nitrogens is 2. The molecule has 1 aromatic carbocycles. The molecule has 162 valence electrons. The van der Waals surface area contributed by atoms with Crippen molar-refractivity contribution < 1.29 is 9.18 Å². The predicted molar refractivity (Wildman–Crippen MR) is 120 cm³/mol. The summed E-state index contributed by atoms with van der Waals surface area (Å²) in [5, 5.41) is 3.18. The lowest BCUT2D eigenvalue weighted by Gasteiger charge is -2.18. The van der Waals surface area contributed by atoms with E-state index >= 15 is 0 Å². The minimum atomic E-state index is -0.725. The van der Waals surface area contributed by atoms with Gasteiger partial charge < -0.3 is 16.5 Å². The number of aryl methyl sites for hydroxylation is 2. The summed E-state index contributed by atoms with van der Waals surface area (Å²) >= 11 is 6.09. The molecule has 0 aliphatic carbocycles. The van der Waals surface area contributed by atoms with Crippen LogP contribution in [0.4, 0.5) is 15.9 Å². The number of hydrogen-bond acceptors (Lipinski definition) is 5. The molecule has 1 unspecified atom stereocenters. The maximum atomic E-state index is 13.5. The third kappa shape index (κ3) is 5.03. The minimum Gasteiger partial charge on any atom is -0.384 e. The van der Waals surface area contributed by atoms with Crippen molar-refractivity contribution in [1.29, 1.82) is 0 Å². The smallest absolute Gasteiger partial charge is 0.273 e. The van der Waals surface area contributed by atoms with Gasteiger partial charge in [0.2, 0.25) is 5.91 Å². The van der Waals surface area contributed by atoms with Gasteiger partial charge in [0.15, 0.2) is 0 Å². The molecule has 3 aromatic rings. The Morgan fingerprint density at radius 2 is 2.00 bits per heavy atom. The van der Waals surface area contributed by atoms with E-state index < -0.39 is 11.7 Å². The Morgan fingerprint density at radius 3 is 2.71 bits per heavy atom. The normalized spacial score (nSPS) is 11.8. The standard InChI is InChI=1S/C22H23ClFN5O2/c1-12-8-9-29(26-11-15-10-16(24)4-5-17(15)23)22(31)20(12)13(2)21(30)28-18-6-7-19(25)27-14(18)3/h4-10,13,26H,11H2,1-3H3,(H2,25,27)(H,28,30). The first-order valence-corrected chi connectivity index (χ1v) is 9.99. The number of carbonyl (C=O) groups is 1. The van der Waals surface area contributed by atoms with Crippen LogP contribution in [0.2, 0.25) is 5.02 Å². The van der Waals surface area contributed by atoms with Gasteiger partial charge in [0.25, 0.3) is 5.56 Å². The van der Waals surface area contributed by atoms with Crippen molar-refractivity contribution in [3.63, 3.8) is 0 Å². The molecule has 3 rings (SSSR count). The average Bonchev–Trinajstić information content (AvgIpc) is 2.71. The van der Waals surface area contributed by atoms with E-state index in [0.29, 0.717) is 38.9 Å². The van der Waals surface area contributed by atoms with Crippen LogP contribution in [0, 0.1) is 19.7 Å². The van der Waals surface area contributed by atoms with Gasteiger partial charge >= 0.3 is 0 Å². The van der Waals surface area contributed by atoms with Crippen LogP contribution in [0.5, 0.6) is 0 Å². The number of carbonyl (C=O) groups excluding carboxylic acids is 1. The second-order valence-corrected chi connectivity index (χ2v) is 7.65. The largest absolute Gasteiger partial charge is 0.384 e. The van der Waals surface area contributed by atoms with Crippen LogP contribution in [0.15, 0.2) is 47.4 Å². The molecule has 2 aromatic heterocycles. The zero-order valence-corrected chi connectivity index (χ0v) is 18.1. The summed E-state index contributed by atoms with van der Waals surface area (Å²) in [6.45, 7) is 5.30. The number of rotatable bonds is 6. The van der Waals surface area contributed by atoms with Gasteiger partial charge in [0.05, 0.1) is 23.8 Å². The Morgan fingerprint density at radius 1 is 1.26 bits per heavy atom. The monoisotopic (exact) mass is 443 g/mol. The first kappa shape index (κ1) is 22.3. The minimum absolute atomic E-state index is 0.135. The highest BCUT2D eigenvalue weighted by Crippen LogP contribution is 2.21. The fourth-order valence-electron chi connectivity index (χ4n) is 3.23. The maximum absolute atomic E-state index is 13.5. The lowest BCUT2D eigenvalue weighted by Crippen LogP contribution is -2.34. The number of nitrogen functional groups attached to an aromatic ring is 1. The molecule has 31 heavy (non-hydrogen) atoms. The highest BCUT2D eigenvalue weighted by Gasteiger charge is 2.22. The molecule has 4 N–H and O–H groups in total. The Hall–Kier alpha value is -3.39. The number of nitrogens with two attached hydrogens (primary N) is 1. The molecule has 2 heterocycles. The first-order chi connectivity index (χ1) is 14.7. The summed E-state index contributed by atoms with van der Waals surface area (Å²) in [6.07, 6.45) is 1.56. The Balaban J connectivity index is 1.83. The van der Waals surface area contributed by atoms with E-state index in [1.807, 2.05) is 0 Å². The summed E-state index contributed by atoms with van der Waals surface area (Å²) < 4.78 is 14.7. The second-order valence-electron chi connectivity index (χ2n) is 7.24. The van der Waals surface area contributed by atoms with Gasteiger partial charge in [-0.15, -0.1) is 0 Å². The predicted octanol–water partition coefficient (Wildman–Crippen LogP) is 3.72. The molecule has 9 heteroatoms. The highest BCUT2D eigenvalue weighted by atomic mass is 35.5. The molecule has 0 aliphatic rings. The van der Waals surface area contributed by atoms with E-state index in [2.05, 4.69) is 15.7 Å². The van der Waals surface area contributed by atoms with Crippen molar-refractivity contribution in [2.24, 2.45) is 0 Å². The molecular formula is C22H23ClFN5O2. The number of benzene rings is 1. The summed E-state index contributed by atoms with van der Waals surface area (Å²) in [5.74, 6) is -1.14. The summed E-state index contributed by atoms with van der Waals surface area (Å²) in [6, 6.07) is 9.02. The molecule has 0 aliphatic heterocycles. The van der Waals surface area contributed by atoms with Gasteiger partial charge in [-0.05, 0) is 68.3 Å². The van der Waals surface area contributed by atoms with Crippen LogP contribution >= 0.6 is 11.6 Å². The molecule has 0 bridgehead atoms. The topological polar surface area (TPSA) is 102 Å². The molecule has 0 fully saturated rings. The van der Waals surface area contributed by atoms with Gasteiger partial charge in [-0.2, -0.15) is 0 Å². The quantitative estimate of drug-likeness (QED) is 0.539. The molecular weight excluding hydrogens is 421 g/mol. The molecule has 1 amide bonds. The van der Waals surface area contributed by atoms with E-state index in [1.54, 1.807) is 45.2 Å². The first-order valence-electron chi connectivity index (χ1n) is 9.61. The van der Waals surface area contributed by atoms with E-state index in [0.717, 1.165) is 0 Å². The number of pyridine rings is 2. The van der Waals surface area contributed by atoms with Crippen LogP contribution in [0.3, 0.4) is 0 Å². The fraction of sp³-hybridized carbons (Fsp3) is 0.227. The van der Waals surface area contributed by atoms with E-state index in [-0.39, 0.29) is 18.0 Å².